The van der Waals surface area contributed by atoms with Crippen molar-refractivity contribution in [3.8, 4) is 11.8 Å². The average Bonchev–Trinajstić information content (AvgIpc) is 2.93. The molecule has 0 aliphatic rings. The van der Waals surface area contributed by atoms with Crippen LogP contribution < -0.4 is 20.8 Å². The summed E-state index contributed by atoms with van der Waals surface area (Å²) in [6.07, 6.45) is 0. The molecule has 148 valence electrons. The number of hydrogen-bond acceptors (Lipinski definition) is 9. The molecule has 0 aromatic carbocycles. The van der Waals surface area contributed by atoms with Crippen molar-refractivity contribution in [2.75, 3.05) is 25.4 Å². The summed E-state index contributed by atoms with van der Waals surface area (Å²) < 4.78 is 0.462. The largest absolute Gasteiger partial charge is 0.492 e. The van der Waals surface area contributed by atoms with Gasteiger partial charge in [0.25, 0.3) is 0 Å². The fraction of sp³-hybridized carbons (Fsp3) is 0.357. The molecule has 13 heteroatoms. The minimum atomic E-state index is -0.980. The summed E-state index contributed by atoms with van der Waals surface area (Å²) in [6, 6.07) is 2.18. The van der Waals surface area contributed by atoms with Crippen LogP contribution in [0.3, 0.4) is 0 Å². The second kappa shape index (κ2) is 10.7. The maximum atomic E-state index is 11.5. The van der Waals surface area contributed by atoms with Gasteiger partial charge in [-0.05, 0) is 0 Å². The van der Waals surface area contributed by atoms with E-state index in [1.54, 1.807) is 0 Å². The lowest BCUT2D eigenvalue weighted by Gasteiger charge is -2.09. The molecule has 1 rings (SSSR count). The second-order valence-electron chi connectivity index (χ2n) is 4.92. The molecular formula is C14H18N4O8S. The van der Waals surface area contributed by atoms with E-state index in [9.17, 15) is 34.2 Å². The summed E-state index contributed by atoms with van der Waals surface area (Å²) in [7, 11) is 0. The van der Waals surface area contributed by atoms with Crippen molar-refractivity contribution < 1.29 is 39.0 Å². The third kappa shape index (κ3) is 8.62. The first-order valence-electron chi connectivity index (χ1n) is 7.43. The number of thioether (sulfide) groups is 1. The highest BCUT2D eigenvalue weighted by Gasteiger charge is 2.14. The van der Waals surface area contributed by atoms with Gasteiger partial charge in [-0.2, -0.15) is 0 Å². The van der Waals surface area contributed by atoms with E-state index in [2.05, 4.69) is 20.8 Å². The van der Waals surface area contributed by atoms with E-state index in [4.69, 9.17) is 0 Å². The summed E-state index contributed by atoms with van der Waals surface area (Å²) in [5, 5.41) is 25.0. The number of aromatic nitrogens is 1. The van der Waals surface area contributed by atoms with Gasteiger partial charge in [-0.25, -0.2) is 4.79 Å². The van der Waals surface area contributed by atoms with E-state index in [1.165, 1.54) is 6.92 Å². The molecule has 3 amide bonds. The molecular weight excluding hydrogens is 384 g/mol. The van der Waals surface area contributed by atoms with Crippen molar-refractivity contribution >= 4 is 40.6 Å². The number of nitrogens with zero attached hydrogens (tertiary/aromatic N) is 1. The lowest BCUT2D eigenvalue weighted by Crippen LogP contribution is -2.44. The number of hydrogen-bond donors (Lipinski definition) is 5. The Morgan fingerprint density at radius 1 is 0.926 bits per heavy atom. The molecule has 1 aromatic rings. The van der Waals surface area contributed by atoms with Gasteiger partial charge < -0.3 is 31.0 Å². The predicted octanol–water partition coefficient (Wildman–Crippen LogP) is -2.52. The fourth-order valence-corrected chi connectivity index (χ4v) is 1.94. The number of nitrogens with one attached hydrogen (secondary N) is 3. The highest BCUT2D eigenvalue weighted by atomic mass is 32.2. The van der Waals surface area contributed by atoms with Crippen LogP contribution in [-0.4, -0.2) is 69.1 Å². The number of aromatic hydroxyl groups is 2. The number of carbonyl (C=O) groups is 5. The first-order valence-corrected chi connectivity index (χ1v) is 8.42. The Kier molecular flexibility index (Phi) is 8.65. The lowest BCUT2D eigenvalue weighted by molar-refractivity contribution is -0.145. The van der Waals surface area contributed by atoms with Gasteiger partial charge in [-0.3, -0.25) is 19.2 Å². The Bertz CT molecular complexity index is 713. The van der Waals surface area contributed by atoms with E-state index in [0.717, 1.165) is 23.9 Å². The zero-order valence-corrected chi connectivity index (χ0v) is 15.0. The van der Waals surface area contributed by atoms with Crippen LogP contribution in [0.2, 0.25) is 0 Å². The molecule has 27 heavy (non-hydrogen) atoms. The molecule has 1 aromatic heterocycles. The van der Waals surface area contributed by atoms with Crippen molar-refractivity contribution in [3.05, 3.63) is 12.1 Å². The third-order valence-electron chi connectivity index (χ3n) is 2.72. The van der Waals surface area contributed by atoms with Crippen molar-refractivity contribution in [3.63, 3.8) is 0 Å². The van der Waals surface area contributed by atoms with E-state index in [0.29, 0.717) is 4.73 Å². The predicted molar refractivity (Wildman–Crippen MR) is 91.5 cm³/mol. The SMILES string of the molecule is CC(=O)SCC(=O)NCC(=O)NCC(=O)NCC(=O)On1c(O)ccc1O. The highest BCUT2D eigenvalue weighted by Crippen LogP contribution is 2.18. The molecule has 0 aliphatic carbocycles. The van der Waals surface area contributed by atoms with Gasteiger partial charge >= 0.3 is 5.97 Å². The summed E-state index contributed by atoms with van der Waals surface area (Å²) in [4.78, 5) is 61.1. The van der Waals surface area contributed by atoms with Gasteiger partial charge in [-0.15, -0.1) is 4.73 Å². The number of rotatable bonds is 9. The third-order valence-corrected chi connectivity index (χ3v) is 3.53. The Morgan fingerprint density at radius 2 is 1.41 bits per heavy atom. The molecule has 12 nitrogen and oxygen atoms in total. The van der Waals surface area contributed by atoms with Gasteiger partial charge in [0.1, 0.15) is 6.54 Å². The molecule has 0 radical (unpaired) electrons. The number of carbonyl (C=O) groups excluding carboxylic acids is 5. The van der Waals surface area contributed by atoms with Crippen molar-refractivity contribution in [1.29, 1.82) is 0 Å². The van der Waals surface area contributed by atoms with Crippen LogP contribution in [0.1, 0.15) is 6.92 Å². The van der Waals surface area contributed by atoms with Gasteiger partial charge in [0.2, 0.25) is 29.5 Å². The average molecular weight is 402 g/mol. The first kappa shape index (κ1) is 21.8. The standard InChI is InChI=1S/C14H18N4O8S/c1-8(19)27-7-11(22)16-5-9(20)15-4-10(21)17-6-14(25)26-18-12(23)2-3-13(18)24/h2-3,23-24H,4-7H2,1H3,(H,15,20)(H,16,22)(H,17,21). The summed E-state index contributed by atoms with van der Waals surface area (Å²) in [5.41, 5.74) is 0. The van der Waals surface area contributed by atoms with Crippen LogP contribution in [0.5, 0.6) is 11.8 Å². The Morgan fingerprint density at radius 3 is 1.93 bits per heavy atom. The molecule has 5 N–H and O–H groups in total. The van der Waals surface area contributed by atoms with Crippen LogP contribution in [0.15, 0.2) is 12.1 Å². The van der Waals surface area contributed by atoms with Crippen LogP contribution >= 0.6 is 11.8 Å². The molecule has 0 fully saturated rings. The molecule has 0 unspecified atom stereocenters. The highest BCUT2D eigenvalue weighted by molar-refractivity contribution is 8.14. The van der Waals surface area contributed by atoms with Crippen molar-refractivity contribution in [1.82, 2.24) is 20.7 Å². The van der Waals surface area contributed by atoms with Gasteiger partial charge in [0.05, 0.1) is 18.8 Å². The zero-order valence-electron chi connectivity index (χ0n) is 14.2. The van der Waals surface area contributed by atoms with Gasteiger partial charge in [0, 0.05) is 19.1 Å². The van der Waals surface area contributed by atoms with Crippen molar-refractivity contribution in [2.45, 2.75) is 6.92 Å². The summed E-state index contributed by atoms with van der Waals surface area (Å²) in [5.74, 6) is -3.97. The van der Waals surface area contributed by atoms with Gasteiger partial charge in [-0.1, -0.05) is 11.8 Å². The van der Waals surface area contributed by atoms with E-state index >= 15 is 0 Å². The van der Waals surface area contributed by atoms with Crippen molar-refractivity contribution in [2.24, 2.45) is 0 Å². The molecule has 0 spiro atoms. The minimum Gasteiger partial charge on any atom is -0.492 e. The Hall–Kier alpha value is -3.22. The van der Waals surface area contributed by atoms with Crippen LogP contribution in [0.4, 0.5) is 0 Å². The fourth-order valence-electron chi connectivity index (χ4n) is 1.50. The van der Waals surface area contributed by atoms with E-state index in [-0.39, 0.29) is 17.4 Å². The Balaban J connectivity index is 2.21. The molecule has 1 heterocycles. The molecule has 0 saturated heterocycles. The monoisotopic (exact) mass is 402 g/mol. The summed E-state index contributed by atoms with van der Waals surface area (Å²) >= 11 is 0.798. The lowest BCUT2D eigenvalue weighted by atomic mass is 10.5. The van der Waals surface area contributed by atoms with E-state index in [1.807, 2.05) is 0 Å². The van der Waals surface area contributed by atoms with Crippen LogP contribution in [0.25, 0.3) is 0 Å². The van der Waals surface area contributed by atoms with Crippen LogP contribution in [0, 0.1) is 0 Å². The smallest absolute Gasteiger partial charge is 0.352 e. The van der Waals surface area contributed by atoms with Crippen LogP contribution in [-0.2, 0) is 24.0 Å². The topological polar surface area (TPSA) is 176 Å². The quantitative estimate of drug-likeness (QED) is 0.298. The summed E-state index contributed by atoms with van der Waals surface area (Å²) in [6.45, 7) is -0.100. The normalized spacial score (nSPS) is 9.96. The molecule has 0 atom stereocenters. The second-order valence-corrected chi connectivity index (χ2v) is 6.07. The zero-order chi connectivity index (χ0) is 20.4. The maximum Gasteiger partial charge on any atom is 0.352 e. The minimum absolute atomic E-state index is 0.113. The Labute approximate surface area is 157 Å². The van der Waals surface area contributed by atoms with E-state index < -0.39 is 48.5 Å². The molecule has 0 saturated carbocycles. The maximum absolute atomic E-state index is 11.5. The van der Waals surface area contributed by atoms with Gasteiger partial charge in [0.15, 0.2) is 5.12 Å². The molecule has 0 aliphatic heterocycles. The number of amides is 3. The molecule has 0 bridgehead atoms. The first-order chi connectivity index (χ1) is 12.7.